The molecule has 0 N–H and O–H groups in total. The number of hydrogen-bond donors (Lipinski definition) is 0. The molecule has 2 heterocycles. The Hall–Kier alpha value is -3.11. The van der Waals surface area contributed by atoms with Crippen LogP contribution in [0.25, 0.3) is 0 Å². The number of rotatable bonds is 5. The minimum Gasteiger partial charge on any atom is -0.485 e. The summed E-state index contributed by atoms with van der Waals surface area (Å²) in [5, 5.41) is 0. The van der Waals surface area contributed by atoms with E-state index in [1.807, 2.05) is 0 Å². The second-order valence-electron chi connectivity index (χ2n) is 7.07. The summed E-state index contributed by atoms with van der Waals surface area (Å²) in [5.41, 5.74) is 0. The summed E-state index contributed by atoms with van der Waals surface area (Å²) in [5.74, 6) is -0.0842. The third kappa shape index (κ3) is 4.64. The maximum Gasteiger partial charge on any atom is 0.351 e. The maximum atomic E-state index is 12.7. The molecule has 0 aromatic heterocycles. The van der Waals surface area contributed by atoms with Crippen LogP contribution in [0.2, 0.25) is 0 Å². The molecule has 1 saturated heterocycles. The van der Waals surface area contributed by atoms with E-state index in [1.165, 1.54) is 9.21 Å². The molecule has 31 heavy (non-hydrogen) atoms. The molecule has 0 aliphatic carbocycles. The lowest BCUT2D eigenvalue weighted by Crippen LogP contribution is -2.51. The molecule has 164 valence electrons. The average molecular weight is 446 g/mol. The summed E-state index contributed by atoms with van der Waals surface area (Å²) >= 11 is 0. The summed E-state index contributed by atoms with van der Waals surface area (Å²) in [6.45, 7) is 0.351. The Kier molecular flexibility index (Phi) is 6.10. The quantitative estimate of drug-likeness (QED) is 0.629. The van der Waals surface area contributed by atoms with E-state index in [-0.39, 0.29) is 43.6 Å². The third-order valence-electron chi connectivity index (χ3n) is 5.08. The van der Waals surface area contributed by atoms with Crippen molar-refractivity contribution in [3.05, 3.63) is 54.6 Å². The number of sulfonamides is 1. The maximum absolute atomic E-state index is 12.7. The van der Waals surface area contributed by atoms with Crippen molar-refractivity contribution < 1.29 is 32.2 Å². The molecule has 2 aliphatic heterocycles. The van der Waals surface area contributed by atoms with E-state index in [9.17, 15) is 18.0 Å². The van der Waals surface area contributed by atoms with Gasteiger partial charge in [0.05, 0.1) is 4.90 Å². The molecule has 2 aromatic rings. The van der Waals surface area contributed by atoms with Gasteiger partial charge in [0, 0.05) is 26.2 Å². The molecular formula is C21H22N2O7S. The SMILES string of the molecule is O=C(OCC(=O)N1CCN(S(=O)(=O)c2ccccc2)CC1)[C@@H]1COc2ccccc2O1. The summed E-state index contributed by atoms with van der Waals surface area (Å²) in [7, 11) is -3.60. The van der Waals surface area contributed by atoms with Crippen molar-refractivity contribution in [1.29, 1.82) is 0 Å². The second-order valence-corrected chi connectivity index (χ2v) is 9.01. The number of benzene rings is 2. The molecular weight excluding hydrogens is 424 g/mol. The van der Waals surface area contributed by atoms with Crippen LogP contribution < -0.4 is 9.47 Å². The fourth-order valence-electron chi connectivity index (χ4n) is 3.37. The summed E-state index contributed by atoms with van der Waals surface area (Å²) in [6.07, 6.45) is -0.949. The fraction of sp³-hybridized carbons (Fsp3) is 0.333. The Morgan fingerprint density at radius 1 is 0.935 bits per heavy atom. The van der Waals surface area contributed by atoms with Crippen LogP contribution in [0, 0.1) is 0 Å². The highest BCUT2D eigenvalue weighted by molar-refractivity contribution is 7.89. The standard InChI is InChI=1S/C21H22N2O7S/c24-20(15-29-21(25)19-14-28-17-8-4-5-9-18(17)30-19)22-10-12-23(13-11-22)31(26,27)16-6-2-1-3-7-16/h1-9,19H,10-15H2/t19-/m0/s1. The number of fused-ring (bicyclic) bond motifs is 1. The van der Waals surface area contributed by atoms with Crippen molar-refractivity contribution in [2.24, 2.45) is 0 Å². The van der Waals surface area contributed by atoms with Gasteiger partial charge in [0.15, 0.2) is 18.1 Å². The van der Waals surface area contributed by atoms with E-state index in [4.69, 9.17) is 14.2 Å². The smallest absolute Gasteiger partial charge is 0.351 e. The topological polar surface area (TPSA) is 102 Å². The van der Waals surface area contributed by atoms with Crippen molar-refractivity contribution >= 4 is 21.9 Å². The Morgan fingerprint density at radius 3 is 2.29 bits per heavy atom. The molecule has 2 aliphatic rings. The number of nitrogens with zero attached hydrogens (tertiary/aromatic N) is 2. The van der Waals surface area contributed by atoms with Gasteiger partial charge in [0.1, 0.15) is 6.61 Å². The van der Waals surface area contributed by atoms with Crippen LogP contribution in [0.3, 0.4) is 0 Å². The Labute approximate surface area is 180 Å². The number of para-hydroxylation sites is 2. The van der Waals surface area contributed by atoms with Gasteiger partial charge < -0.3 is 19.1 Å². The van der Waals surface area contributed by atoms with Crippen LogP contribution >= 0.6 is 0 Å². The van der Waals surface area contributed by atoms with E-state index in [1.54, 1.807) is 54.6 Å². The van der Waals surface area contributed by atoms with Gasteiger partial charge in [-0.2, -0.15) is 4.31 Å². The van der Waals surface area contributed by atoms with Gasteiger partial charge in [-0.3, -0.25) is 4.79 Å². The molecule has 0 radical (unpaired) electrons. The molecule has 4 rings (SSSR count). The second kappa shape index (κ2) is 8.94. The zero-order chi connectivity index (χ0) is 21.8. The van der Waals surface area contributed by atoms with E-state index in [2.05, 4.69) is 0 Å². The van der Waals surface area contributed by atoms with Crippen LogP contribution in [-0.4, -0.2) is 75.0 Å². The van der Waals surface area contributed by atoms with Crippen LogP contribution in [0.15, 0.2) is 59.5 Å². The molecule has 0 bridgehead atoms. The molecule has 1 atom stereocenters. The van der Waals surface area contributed by atoms with Crippen LogP contribution in [-0.2, 0) is 24.3 Å². The van der Waals surface area contributed by atoms with Crippen LogP contribution in [0.1, 0.15) is 0 Å². The van der Waals surface area contributed by atoms with Crippen molar-refractivity contribution in [2.45, 2.75) is 11.0 Å². The third-order valence-corrected chi connectivity index (χ3v) is 6.99. The monoisotopic (exact) mass is 446 g/mol. The lowest BCUT2D eigenvalue weighted by molar-refractivity contribution is -0.160. The number of esters is 1. The molecule has 0 saturated carbocycles. The first kappa shape index (κ1) is 21.1. The van der Waals surface area contributed by atoms with E-state index >= 15 is 0 Å². The Balaban J connectivity index is 1.26. The van der Waals surface area contributed by atoms with Gasteiger partial charge in [-0.1, -0.05) is 30.3 Å². The van der Waals surface area contributed by atoms with E-state index in [0.717, 1.165) is 0 Å². The molecule has 2 aromatic carbocycles. The van der Waals surface area contributed by atoms with Crippen LogP contribution in [0.5, 0.6) is 11.5 Å². The fourth-order valence-corrected chi connectivity index (χ4v) is 4.82. The predicted octanol–water partition coefficient (Wildman–Crippen LogP) is 0.903. The summed E-state index contributed by atoms with van der Waals surface area (Å²) < 4.78 is 42.8. The number of amides is 1. The number of carbonyl (C=O) groups excluding carboxylic acids is 2. The first-order valence-electron chi connectivity index (χ1n) is 9.83. The summed E-state index contributed by atoms with van der Waals surface area (Å²) in [6, 6.07) is 15.1. The molecule has 10 heteroatoms. The molecule has 0 unspecified atom stereocenters. The minimum atomic E-state index is -3.60. The van der Waals surface area contributed by atoms with Gasteiger partial charge in [0.2, 0.25) is 16.1 Å². The van der Waals surface area contributed by atoms with Crippen molar-refractivity contribution in [3.63, 3.8) is 0 Å². The van der Waals surface area contributed by atoms with Gasteiger partial charge in [-0.15, -0.1) is 0 Å². The predicted molar refractivity (Wildman–Crippen MR) is 109 cm³/mol. The summed E-state index contributed by atoms with van der Waals surface area (Å²) in [4.78, 5) is 26.4. The lowest BCUT2D eigenvalue weighted by Gasteiger charge is -2.34. The molecule has 0 spiro atoms. The first-order chi connectivity index (χ1) is 14.9. The Bertz CT molecular complexity index is 1050. The average Bonchev–Trinajstić information content (AvgIpc) is 2.82. The molecule has 1 fully saturated rings. The number of ether oxygens (including phenoxy) is 3. The van der Waals surface area contributed by atoms with Gasteiger partial charge in [-0.05, 0) is 24.3 Å². The van der Waals surface area contributed by atoms with Crippen LogP contribution in [0.4, 0.5) is 0 Å². The number of carbonyl (C=O) groups is 2. The van der Waals surface area contributed by atoms with Crippen molar-refractivity contribution in [2.75, 3.05) is 39.4 Å². The number of hydrogen-bond acceptors (Lipinski definition) is 7. The van der Waals surface area contributed by atoms with Gasteiger partial charge in [-0.25, -0.2) is 13.2 Å². The number of piperazine rings is 1. The zero-order valence-corrected chi connectivity index (χ0v) is 17.5. The van der Waals surface area contributed by atoms with Gasteiger partial charge >= 0.3 is 5.97 Å². The normalized spacial score (nSPS) is 19.0. The van der Waals surface area contributed by atoms with Gasteiger partial charge in [0.25, 0.3) is 5.91 Å². The Morgan fingerprint density at radius 2 is 1.58 bits per heavy atom. The highest BCUT2D eigenvalue weighted by atomic mass is 32.2. The van der Waals surface area contributed by atoms with E-state index < -0.39 is 28.7 Å². The largest absolute Gasteiger partial charge is 0.485 e. The highest BCUT2D eigenvalue weighted by Gasteiger charge is 2.32. The molecule has 1 amide bonds. The zero-order valence-electron chi connectivity index (χ0n) is 16.7. The van der Waals surface area contributed by atoms with E-state index in [0.29, 0.717) is 11.5 Å². The highest BCUT2D eigenvalue weighted by Crippen LogP contribution is 2.31. The van der Waals surface area contributed by atoms with Crippen molar-refractivity contribution in [3.8, 4) is 11.5 Å². The van der Waals surface area contributed by atoms with Crippen molar-refractivity contribution in [1.82, 2.24) is 9.21 Å². The first-order valence-corrected chi connectivity index (χ1v) is 11.3. The minimum absolute atomic E-state index is 0.0000565. The lowest BCUT2D eigenvalue weighted by atomic mass is 10.2. The molecule has 9 nitrogen and oxygen atoms in total.